The molecule has 3 N–H and O–H groups in total. The van der Waals surface area contributed by atoms with Gasteiger partial charge in [-0.05, 0) is 12.5 Å². The Kier molecular flexibility index (Phi) is 3.22. The van der Waals surface area contributed by atoms with Crippen LogP contribution in [0.25, 0.3) is 0 Å². The Labute approximate surface area is 94.3 Å². The second kappa shape index (κ2) is 4.81. The van der Waals surface area contributed by atoms with E-state index >= 15 is 0 Å². The van der Waals surface area contributed by atoms with Crippen LogP contribution < -0.4 is 5.32 Å². The van der Waals surface area contributed by atoms with Crippen LogP contribution in [-0.2, 0) is 13.1 Å². The largest absolute Gasteiger partial charge is 0.507 e. The number of aromatic nitrogens is 2. The van der Waals surface area contributed by atoms with Crippen molar-refractivity contribution in [3.8, 4) is 5.75 Å². The van der Waals surface area contributed by atoms with E-state index in [-0.39, 0.29) is 0 Å². The van der Waals surface area contributed by atoms with Crippen molar-refractivity contribution in [3.05, 3.63) is 47.3 Å². The van der Waals surface area contributed by atoms with Gasteiger partial charge >= 0.3 is 0 Å². The summed E-state index contributed by atoms with van der Waals surface area (Å²) in [5, 5.41) is 19.7. The van der Waals surface area contributed by atoms with Gasteiger partial charge in [0, 0.05) is 30.4 Å². The summed E-state index contributed by atoms with van der Waals surface area (Å²) in [6.45, 7) is 3.29. The van der Waals surface area contributed by atoms with E-state index in [2.05, 4.69) is 15.5 Å². The van der Waals surface area contributed by atoms with Gasteiger partial charge in [0.25, 0.3) is 0 Å². The predicted octanol–water partition coefficient (Wildman–Crippen LogP) is 1.71. The number of para-hydroxylation sites is 1. The van der Waals surface area contributed by atoms with Gasteiger partial charge in [0.15, 0.2) is 0 Å². The van der Waals surface area contributed by atoms with E-state index in [1.165, 1.54) is 0 Å². The molecule has 0 aliphatic carbocycles. The molecule has 2 aromatic rings. The van der Waals surface area contributed by atoms with Gasteiger partial charge in [0.05, 0.1) is 6.20 Å². The zero-order valence-electron chi connectivity index (χ0n) is 9.20. The van der Waals surface area contributed by atoms with Crippen molar-refractivity contribution in [1.29, 1.82) is 0 Å². The van der Waals surface area contributed by atoms with Crippen molar-refractivity contribution in [2.24, 2.45) is 0 Å². The molecule has 0 saturated heterocycles. The first-order chi connectivity index (χ1) is 7.77. The summed E-state index contributed by atoms with van der Waals surface area (Å²) < 4.78 is 0. The van der Waals surface area contributed by atoms with E-state index in [0.29, 0.717) is 12.3 Å². The van der Waals surface area contributed by atoms with Crippen LogP contribution in [0.4, 0.5) is 0 Å². The number of phenolic OH excluding ortho intramolecular Hbond substituents is 1. The molecule has 2 rings (SSSR count). The predicted molar refractivity (Wildman–Crippen MR) is 62.0 cm³/mol. The lowest BCUT2D eigenvalue weighted by atomic mass is 10.1. The van der Waals surface area contributed by atoms with Crippen LogP contribution in [0.2, 0.25) is 0 Å². The van der Waals surface area contributed by atoms with E-state index in [1.54, 1.807) is 6.20 Å². The quantitative estimate of drug-likeness (QED) is 0.730. The maximum absolute atomic E-state index is 9.80. The smallest absolute Gasteiger partial charge is 0.122 e. The summed E-state index contributed by atoms with van der Waals surface area (Å²) in [6.07, 6.45) is 3.63. The lowest BCUT2D eigenvalue weighted by Crippen LogP contribution is -2.12. The van der Waals surface area contributed by atoms with Crippen molar-refractivity contribution in [2.75, 3.05) is 0 Å². The van der Waals surface area contributed by atoms with Crippen LogP contribution in [0.15, 0.2) is 30.6 Å². The SMILES string of the molecule is Cc1cccc(CNCc2cn[nH]c2)c1O. The number of rotatable bonds is 4. The number of hydrogen-bond acceptors (Lipinski definition) is 3. The van der Waals surface area contributed by atoms with Gasteiger partial charge in [-0.15, -0.1) is 0 Å². The van der Waals surface area contributed by atoms with Crippen LogP contribution in [0.1, 0.15) is 16.7 Å². The molecular formula is C12H15N3O. The highest BCUT2D eigenvalue weighted by Gasteiger charge is 2.02. The molecule has 4 heteroatoms. The standard InChI is InChI=1S/C12H15N3O/c1-9-3-2-4-11(12(9)16)8-13-5-10-6-14-15-7-10/h2-4,6-7,13,16H,5,8H2,1H3,(H,14,15). The van der Waals surface area contributed by atoms with Gasteiger partial charge < -0.3 is 10.4 Å². The van der Waals surface area contributed by atoms with Gasteiger partial charge in [-0.25, -0.2) is 0 Å². The first-order valence-corrected chi connectivity index (χ1v) is 5.23. The van der Waals surface area contributed by atoms with Gasteiger partial charge in [-0.2, -0.15) is 5.10 Å². The molecule has 0 aliphatic rings. The highest BCUT2D eigenvalue weighted by molar-refractivity contribution is 5.39. The Morgan fingerprint density at radius 2 is 2.25 bits per heavy atom. The number of phenols is 1. The fourth-order valence-corrected chi connectivity index (χ4v) is 1.58. The molecule has 0 saturated carbocycles. The summed E-state index contributed by atoms with van der Waals surface area (Å²) in [6, 6.07) is 5.77. The summed E-state index contributed by atoms with van der Waals surface area (Å²) in [7, 11) is 0. The van der Waals surface area contributed by atoms with Gasteiger partial charge in [0.1, 0.15) is 5.75 Å². The number of nitrogens with one attached hydrogen (secondary N) is 2. The lowest BCUT2D eigenvalue weighted by molar-refractivity contribution is 0.460. The fraction of sp³-hybridized carbons (Fsp3) is 0.250. The second-order valence-electron chi connectivity index (χ2n) is 3.79. The fourth-order valence-electron chi connectivity index (χ4n) is 1.58. The summed E-state index contributed by atoms with van der Waals surface area (Å²) >= 11 is 0. The number of hydrogen-bond donors (Lipinski definition) is 3. The van der Waals surface area contributed by atoms with E-state index < -0.39 is 0 Å². The van der Waals surface area contributed by atoms with Crippen LogP contribution in [0.5, 0.6) is 5.75 Å². The molecule has 0 amide bonds. The molecule has 84 valence electrons. The second-order valence-corrected chi connectivity index (χ2v) is 3.79. The Morgan fingerprint density at radius 1 is 1.38 bits per heavy atom. The zero-order chi connectivity index (χ0) is 11.4. The molecule has 1 heterocycles. The van der Waals surface area contributed by atoms with Crippen molar-refractivity contribution < 1.29 is 5.11 Å². The van der Waals surface area contributed by atoms with E-state index in [9.17, 15) is 5.11 Å². The van der Waals surface area contributed by atoms with E-state index in [1.807, 2.05) is 31.3 Å². The third-order valence-corrected chi connectivity index (χ3v) is 2.52. The summed E-state index contributed by atoms with van der Waals surface area (Å²) in [4.78, 5) is 0. The normalized spacial score (nSPS) is 10.6. The monoisotopic (exact) mass is 217 g/mol. The van der Waals surface area contributed by atoms with E-state index in [0.717, 1.165) is 23.2 Å². The van der Waals surface area contributed by atoms with Crippen LogP contribution in [-0.4, -0.2) is 15.3 Å². The lowest BCUT2D eigenvalue weighted by Gasteiger charge is -2.07. The number of H-pyrrole nitrogens is 1. The topological polar surface area (TPSA) is 60.9 Å². The first-order valence-electron chi connectivity index (χ1n) is 5.23. The minimum absolute atomic E-state index is 0.377. The molecule has 0 atom stereocenters. The Hall–Kier alpha value is -1.81. The Morgan fingerprint density at radius 3 is 3.00 bits per heavy atom. The molecule has 0 aliphatic heterocycles. The van der Waals surface area contributed by atoms with Gasteiger partial charge in [-0.3, -0.25) is 5.10 Å². The number of aromatic amines is 1. The minimum Gasteiger partial charge on any atom is -0.507 e. The highest BCUT2D eigenvalue weighted by Crippen LogP contribution is 2.20. The molecule has 0 unspecified atom stereocenters. The average molecular weight is 217 g/mol. The molecule has 1 aromatic heterocycles. The minimum atomic E-state index is 0.377. The Bertz CT molecular complexity index is 451. The van der Waals surface area contributed by atoms with Crippen LogP contribution in [0.3, 0.4) is 0 Å². The molecular weight excluding hydrogens is 202 g/mol. The average Bonchev–Trinajstić information content (AvgIpc) is 2.77. The molecule has 0 bridgehead atoms. The number of aromatic hydroxyl groups is 1. The van der Waals surface area contributed by atoms with Crippen LogP contribution in [0, 0.1) is 6.92 Å². The van der Waals surface area contributed by atoms with Crippen molar-refractivity contribution >= 4 is 0 Å². The summed E-state index contributed by atoms with van der Waals surface area (Å²) in [5.41, 5.74) is 2.93. The zero-order valence-corrected chi connectivity index (χ0v) is 9.20. The maximum atomic E-state index is 9.80. The van der Waals surface area contributed by atoms with Crippen molar-refractivity contribution in [2.45, 2.75) is 20.0 Å². The molecule has 1 aromatic carbocycles. The third kappa shape index (κ3) is 2.41. The molecule has 16 heavy (non-hydrogen) atoms. The number of nitrogens with zero attached hydrogens (tertiary/aromatic N) is 1. The van der Waals surface area contributed by atoms with Crippen molar-refractivity contribution in [3.63, 3.8) is 0 Å². The molecule has 0 spiro atoms. The summed E-state index contributed by atoms with van der Waals surface area (Å²) in [5.74, 6) is 0.377. The van der Waals surface area contributed by atoms with Crippen molar-refractivity contribution in [1.82, 2.24) is 15.5 Å². The Balaban J connectivity index is 1.92. The number of aryl methyl sites for hydroxylation is 1. The third-order valence-electron chi connectivity index (χ3n) is 2.52. The molecule has 4 nitrogen and oxygen atoms in total. The van der Waals surface area contributed by atoms with Gasteiger partial charge in [0.2, 0.25) is 0 Å². The molecule has 0 radical (unpaired) electrons. The van der Waals surface area contributed by atoms with E-state index in [4.69, 9.17) is 0 Å². The first kappa shape index (κ1) is 10.7. The molecule has 0 fully saturated rings. The highest BCUT2D eigenvalue weighted by atomic mass is 16.3. The van der Waals surface area contributed by atoms with Crippen LogP contribution >= 0.6 is 0 Å². The maximum Gasteiger partial charge on any atom is 0.122 e. The van der Waals surface area contributed by atoms with Gasteiger partial charge in [-0.1, -0.05) is 18.2 Å². The number of benzene rings is 1.